The van der Waals surface area contributed by atoms with Gasteiger partial charge in [0.15, 0.2) is 0 Å². The number of hydrogen-bond donors (Lipinski definition) is 0. The molecular formula is C23H20BrNO. The topological polar surface area (TPSA) is 33.0 Å². The largest absolute Gasteiger partial charge is 0.488 e. The van der Waals surface area contributed by atoms with Gasteiger partial charge >= 0.3 is 0 Å². The molecule has 0 heterocycles. The maximum atomic E-state index is 9.23. The molecule has 0 radical (unpaired) electrons. The summed E-state index contributed by atoms with van der Waals surface area (Å²) >= 11 is 3.47. The van der Waals surface area contributed by atoms with Gasteiger partial charge < -0.3 is 4.74 Å². The van der Waals surface area contributed by atoms with Gasteiger partial charge in [-0.3, -0.25) is 0 Å². The molecule has 2 aromatic rings. The molecule has 2 aromatic carbocycles. The summed E-state index contributed by atoms with van der Waals surface area (Å²) in [6.07, 6.45) is 14.1. The fourth-order valence-corrected chi connectivity index (χ4v) is 3.03. The van der Waals surface area contributed by atoms with Gasteiger partial charge in [-0.05, 0) is 60.7 Å². The lowest BCUT2D eigenvalue weighted by Crippen LogP contribution is -2.01. The number of rotatable bonds is 4. The van der Waals surface area contributed by atoms with Crippen molar-refractivity contribution in [2.75, 3.05) is 6.61 Å². The highest BCUT2D eigenvalue weighted by Crippen LogP contribution is 2.32. The summed E-state index contributed by atoms with van der Waals surface area (Å²) in [5.41, 5.74) is 3.76. The molecule has 1 aliphatic rings. The molecule has 0 atom stereocenters. The molecule has 0 fully saturated rings. The van der Waals surface area contributed by atoms with Crippen molar-refractivity contribution in [1.82, 2.24) is 0 Å². The molecule has 0 saturated carbocycles. The Morgan fingerprint density at radius 2 is 1.85 bits per heavy atom. The average molecular weight is 406 g/mol. The molecule has 0 unspecified atom stereocenters. The highest BCUT2D eigenvalue weighted by molar-refractivity contribution is 9.10. The van der Waals surface area contributed by atoms with Crippen LogP contribution in [-0.4, -0.2) is 6.61 Å². The number of nitriles is 1. The first kappa shape index (κ1) is 18.2. The number of nitrogens with zero attached hydrogens (tertiary/aromatic N) is 1. The third kappa shape index (κ3) is 4.97. The van der Waals surface area contributed by atoms with Crippen molar-refractivity contribution in [2.45, 2.75) is 19.3 Å². The van der Waals surface area contributed by atoms with Gasteiger partial charge in [-0.2, -0.15) is 5.26 Å². The first-order valence-corrected chi connectivity index (χ1v) is 9.51. The Labute approximate surface area is 163 Å². The van der Waals surface area contributed by atoms with E-state index in [-0.39, 0.29) is 0 Å². The van der Waals surface area contributed by atoms with E-state index >= 15 is 0 Å². The molecule has 0 aliphatic heterocycles. The monoisotopic (exact) mass is 405 g/mol. The van der Waals surface area contributed by atoms with Crippen molar-refractivity contribution >= 4 is 15.9 Å². The molecule has 0 spiro atoms. The van der Waals surface area contributed by atoms with Crippen molar-refractivity contribution in [2.24, 2.45) is 0 Å². The molecule has 1 aliphatic carbocycles. The third-order valence-corrected chi connectivity index (χ3v) is 4.71. The molecule has 0 amide bonds. The van der Waals surface area contributed by atoms with E-state index in [4.69, 9.17) is 4.74 Å². The van der Waals surface area contributed by atoms with Crippen LogP contribution in [0.15, 0.2) is 82.9 Å². The highest BCUT2D eigenvalue weighted by atomic mass is 79.9. The highest BCUT2D eigenvalue weighted by Gasteiger charge is 2.09. The average Bonchev–Trinajstić information content (AvgIpc) is 2.81. The van der Waals surface area contributed by atoms with Crippen LogP contribution < -0.4 is 4.74 Å². The molecule has 0 bridgehead atoms. The minimum Gasteiger partial charge on any atom is -0.488 e. The third-order valence-electron chi connectivity index (χ3n) is 4.18. The molecule has 26 heavy (non-hydrogen) atoms. The van der Waals surface area contributed by atoms with Gasteiger partial charge in [0.25, 0.3) is 0 Å². The van der Waals surface area contributed by atoms with Crippen LogP contribution in [0, 0.1) is 11.3 Å². The Morgan fingerprint density at radius 3 is 2.65 bits per heavy atom. The van der Waals surface area contributed by atoms with Crippen molar-refractivity contribution in [3.05, 3.63) is 88.5 Å². The van der Waals surface area contributed by atoms with Crippen LogP contribution >= 0.6 is 15.9 Å². The molecule has 0 aromatic heterocycles. The summed E-state index contributed by atoms with van der Waals surface area (Å²) in [5.74, 6) is 0.726. The van der Waals surface area contributed by atoms with Crippen LogP contribution in [0.25, 0.3) is 11.1 Å². The van der Waals surface area contributed by atoms with E-state index in [0.29, 0.717) is 12.2 Å². The molecule has 0 N–H and O–H groups in total. The minimum absolute atomic E-state index is 0.471. The summed E-state index contributed by atoms with van der Waals surface area (Å²) in [7, 11) is 0. The smallest absolute Gasteiger partial charge is 0.128 e. The van der Waals surface area contributed by atoms with E-state index in [1.165, 1.54) is 6.42 Å². The lowest BCUT2D eigenvalue weighted by Gasteiger charge is -2.13. The van der Waals surface area contributed by atoms with Gasteiger partial charge in [-0.15, -0.1) is 0 Å². The predicted octanol–water partition coefficient (Wildman–Crippen LogP) is 6.59. The number of ether oxygens (including phenoxy) is 1. The van der Waals surface area contributed by atoms with Crippen molar-refractivity contribution in [3.63, 3.8) is 0 Å². The summed E-state index contributed by atoms with van der Waals surface area (Å²) in [4.78, 5) is 0. The van der Waals surface area contributed by atoms with E-state index < -0.39 is 0 Å². The Morgan fingerprint density at radius 1 is 1.04 bits per heavy atom. The maximum Gasteiger partial charge on any atom is 0.128 e. The Bertz CT molecular complexity index is 885. The predicted molar refractivity (Wildman–Crippen MR) is 110 cm³/mol. The molecule has 0 saturated heterocycles. The number of halogens is 1. The van der Waals surface area contributed by atoms with E-state index in [0.717, 1.165) is 39.8 Å². The summed E-state index contributed by atoms with van der Waals surface area (Å²) in [5, 5.41) is 9.23. The van der Waals surface area contributed by atoms with Crippen LogP contribution in [-0.2, 0) is 0 Å². The zero-order chi connectivity index (χ0) is 18.2. The maximum absolute atomic E-state index is 9.23. The molecule has 2 nitrogen and oxygen atoms in total. The van der Waals surface area contributed by atoms with E-state index in [9.17, 15) is 5.26 Å². The lowest BCUT2D eigenvalue weighted by molar-refractivity contribution is 0.357. The zero-order valence-electron chi connectivity index (χ0n) is 14.5. The zero-order valence-corrected chi connectivity index (χ0v) is 16.1. The summed E-state index contributed by atoms with van der Waals surface area (Å²) in [6, 6.07) is 15.9. The normalized spacial score (nSPS) is 18.4. The number of hydrogen-bond acceptors (Lipinski definition) is 2. The number of benzene rings is 2. The van der Waals surface area contributed by atoms with Gasteiger partial charge in [0, 0.05) is 10.0 Å². The second-order valence-corrected chi connectivity index (χ2v) is 7.04. The van der Waals surface area contributed by atoms with Crippen LogP contribution in [0.5, 0.6) is 5.75 Å². The fourth-order valence-electron chi connectivity index (χ4n) is 2.77. The van der Waals surface area contributed by atoms with Crippen LogP contribution in [0.3, 0.4) is 0 Å². The van der Waals surface area contributed by atoms with Crippen molar-refractivity contribution < 1.29 is 4.74 Å². The molecule has 3 rings (SSSR count). The summed E-state index contributed by atoms with van der Waals surface area (Å²) < 4.78 is 7.16. The van der Waals surface area contributed by atoms with Gasteiger partial charge in [-0.1, -0.05) is 58.4 Å². The Kier molecular flexibility index (Phi) is 6.46. The van der Waals surface area contributed by atoms with Crippen LogP contribution in [0.2, 0.25) is 0 Å². The fraction of sp³-hybridized carbons (Fsp3) is 0.174. The van der Waals surface area contributed by atoms with E-state index in [2.05, 4.69) is 52.4 Å². The second-order valence-electron chi connectivity index (χ2n) is 6.12. The van der Waals surface area contributed by atoms with Crippen LogP contribution in [0.4, 0.5) is 0 Å². The second kappa shape index (κ2) is 9.22. The Balaban J connectivity index is 1.87. The molecular weight excluding hydrogens is 386 g/mol. The molecule has 3 heteroatoms. The quantitative estimate of drug-likeness (QED) is 0.574. The van der Waals surface area contributed by atoms with Crippen molar-refractivity contribution in [1.29, 1.82) is 5.26 Å². The van der Waals surface area contributed by atoms with Gasteiger partial charge in [0.2, 0.25) is 0 Å². The molecule has 130 valence electrons. The number of allylic oxidation sites excluding steroid dienone is 4. The first-order chi connectivity index (χ1) is 12.8. The minimum atomic E-state index is 0.471. The SMILES string of the molecule is N#Cc1ccc(-c2ccc(Br)cc2)c(OCC2=C/C=C\CCC\C=C\2)c1. The van der Waals surface area contributed by atoms with E-state index in [1.54, 1.807) is 0 Å². The van der Waals surface area contributed by atoms with Crippen LogP contribution in [0.1, 0.15) is 24.8 Å². The van der Waals surface area contributed by atoms with Gasteiger partial charge in [0.1, 0.15) is 12.4 Å². The standard InChI is InChI=1S/C23H20BrNO/c24-21-12-10-20(11-13-21)22-14-9-19(16-25)15-23(22)26-17-18-7-5-3-1-2-4-6-8-18/h3,5-15H,1-2,4,17H2/b5-3-,8-6+,18-7+. The Hall–Kier alpha value is -2.57. The lowest BCUT2D eigenvalue weighted by atomic mass is 10.0. The summed E-state index contributed by atoms with van der Waals surface area (Å²) in [6.45, 7) is 0.471. The van der Waals surface area contributed by atoms with Gasteiger partial charge in [0.05, 0.1) is 11.6 Å². The van der Waals surface area contributed by atoms with Crippen molar-refractivity contribution in [3.8, 4) is 22.9 Å². The first-order valence-electron chi connectivity index (χ1n) is 8.71. The van der Waals surface area contributed by atoms with Gasteiger partial charge in [-0.25, -0.2) is 0 Å². The van der Waals surface area contributed by atoms with E-state index in [1.807, 2.05) is 42.5 Å².